The SMILES string of the molecule is O=C[C@@H]1CCCN1C(=O)CNC(=O)c1cccc(C(F)(F)F)c1Cl. The summed E-state index contributed by atoms with van der Waals surface area (Å²) < 4.78 is 38.3. The lowest BCUT2D eigenvalue weighted by molar-refractivity contribution is -0.137. The van der Waals surface area contributed by atoms with Gasteiger partial charge in [-0.05, 0) is 25.0 Å². The second-order valence-electron chi connectivity index (χ2n) is 5.28. The minimum atomic E-state index is -4.68. The summed E-state index contributed by atoms with van der Waals surface area (Å²) in [6, 6.07) is 2.45. The van der Waals surface area contributed by atoms with E-state index in [0.717, 1.165) is 18.2 Å². The molecule has 1 aliphatic rings. The number of hydrogen-bond donors (Lipinski definition) is 1. The summed E-state index contributed by atoms with van der Waals surface area (Å²) in [5.74, 6) is -1.36. The van der Waals surface area contributed by atoms with Crippen LogP contribution in [0.2, 0.25) is 5.02 Å². The molecule has 1 aromatic rings. The van der Waals surface area contributed by atoms with Gasteiger partial charge in [0, 0.05) is 6.54 Å². The summed E-state index contributed by atoms with van der Waals surface area (Å²) in [6.07, 6.45) is -2.78. The molecule has 1 saturated heterocycles. The van der Waals surface area contributed by atoms with Gasteiger partial charge in [0.25, 0.3) is 5.91 Å². The van der Waals surface area contributed by atoms with E-state index in [4.69, 9.17) is 11.6 Å². The molecule has 2 amide bonds. The van der Waals surface area contributed by atoms with Gasteiger partial charge in [0.1, 0.15) is 6.29 Å². The summed E-state index contributed by atoms with van der Waals surface area (Å²) in [7, 11) is 0. The standard InChI is InChI=1S/C15H14ClF3N2O3/c16-13-10(4-1-5-11(13)15(17,18)19)14(24)20-7-12(23)21-6-2-3-9(21)8-22/h1,4-5,8-9H,2-3,6-7H2,(H,20,24)/t9-/m0/s1. The number of rotatable bonds is 4. The van der Waals surface area contributed by atoms with Crippen LogP contribution in [-0.2, 0) is 15.8 Å². The van der Waals surface area contributed by atoms with E-state index in [0.29, 0.717) is 25.7 Å². The van der Waals surface area contributed by atoms with Gasteiger partial charge in [-0.3, -0.25) is 9.59 Å². The fraction of sp³-hybridized carbons (Fsp3) is 0.400. The third-order valence-corrected chi connectivity index (χ3v) is 4.13. The van der Waals surface area contributed by atoms with Crippen LogP contribution in [0.5, 0.6) is 0 Å². The number of likely N-dealkylation sites (tertiary alicyclic amines) is 1. The van der Waals surface area contributed by atoms with Gasteiger partial charge >= 0.3 is 6.18 Å². The summed E-state index contributed by atoms with van der Waals surface area (Å²) in [5, 5.41) is 1.52. The zero-order valence-electron chi connectivity index (χ0n) is 12.4. The first-order valence-electron chi connectivity index (χ1n) is 7.14. The molecule has 0 saturated carbocycles. The average Bonchev–Trinajstić information content (AvgIpc) is 3.00. The number of alkyl halides is 3. The Labute approximate surface area is 140 Å². The zero-order chi connectivity index (χ0) is 17.9. The summed E-state index contributed by atoms with van der Waals surface area (Å²) in [4.78, 5) is 36.2. The molecule has 0 aromatic heterocycles. The van der Waals surface area contributed by atoms with Gasteiger partial charge < -0.3 is 15.0 Å². The molecule has 24 heavy (non-hydrogen) atoms. The van der Waals surface area contributed by atoms with E-state index in [9.17, 15) is 27.6 Å². The summed E-state index contributed by atoms with van der Waals surface area (Å²) >= 11 is 5.65. The van der Waals surface area contributed by atoms with Crippen molar-refractivity contribution in [2.45, 2.75) is 25.1 Å². The molecule has 9 heteroatoms. The minimum Gasteiger partial charge on any atom is -0.343 e. The number of benzene rings is 1. The number of halogens is 4. The highest BCUT2D eigenvalue weighted by Gasteiger charge is 2.35. The Balaban J connectivity index is 2.06. The largest absolute Gasteiger partial charge is 0.417 e. The van der Waals surface area contributed by atoms with Crippen molar-refractivity contribution < 1.29 is 27.6 Å². The zero-order valence-corrected chi connectivity index (χ0v) is 13.2. The Bertz CT molecular complexity index is 664. The van der Waals surface area contributed by atoms with E-state index < -0.39 is 41.2 Å². The Hall–Kier alpha value is -2.09. The molecular formula is C15H14ClF3N2O3. The van der Waals surface area contributed by atoms with Crippen molar-refractivity contribution in [2.24, 2.45) is 0 Å². The van der Waals surface area contributed by atoms with Gasteiger partial charge in [0.2, 0.25) is 5.91 Å². The molecule has 0 unspecified atom stereocenters. The third kappa shape index (κ3) is 3.87. The molecule has 5 nitrogen and oxygen atoms in total. The molecule has 130 valence electrons. The van der Waals surface area contributed by atoms with Crippen LogP contribution in [-0.4, -0.2) is 42.1 Å². The van der Waals surface area contributed by atoms with Crippen LogP contribution in [0.3, 0.4) is 0 Å². The van der Waals surface area contributed by atoms with E-state index in [2.05, 4.69) is 5.32 Å². The molecule has 1 fully saturated rings. The van der Waals surface area contributed by atoms with Gasteiger partial charge in [0.15, 0.2) is 0 Å². The summed E-state index contributed by atoms with van der Waals surface area (Å²) in [5.41, 5.74) is -1.49. The maximum atomic E-state index is 12.8. The third-order valence-electron chi connectivity index (χ3n) is 3.73. The smallest absolute Gasteiger partial charge is 0.343 e. The highest BCUT2D eigenvalue weighted by Crippen LogP contribution is 2.36. The van der Waals surface area contributed by atoms with Crippen LogP contribution in [0.25, 0.3) is 0 Å². The van der Waals surface area contributed by atoms with E-state index in [1.807, 2.05) is 0 Å². The van der Waals surface area contributed by atoms with Crippen molar-refractivity contribution in [3.8, 4) is 0 Å². The predicted molar refractivity (Wildman–Crippen MR) is 79.6 cm³/mol. The van der Waals surface area contributed by atoms with Crippen molar-refractivity contribution in [2.75, 3.05) is 13.1 Å². The van der Waals surface area contributed by atoms with Crippen LogP contribution < -0.4 is 5.32 Å². The quantitative estimate of drug-likeness (QED) is 0.836. The lowest BCUT2D eigenvalue weighted by atomic mass is 10.1. The van der Waals surface area contributed by atoms with E-state index >= 15 is 0 Å². The van der Waals surface area contributed by atoms with Crippen LogP contribution in [0.15, 0.2) is 18.2 Å². The second kappa shape index (κ2) is 7.21. The number of nitrogens with one attached hydrogen (secondary N) is 1. The first kappa shape index (κ1) is 18.3. The number of hydrogen-bond acceptors (Lipinski definition) is 3. The number of carbonyl (C=O) groups is 3. The fourth-order valence-corrected chi connectivity index (χ4v) is 2.84. The molecule has 0 radical (unpaired) electrons. The second-order valence-corrected chi connectivity index (χ2v) is 5.66. The van der Waals surface area contributed by atoms with Crippen molar-refractivity contribution >= 4 is 29.7 Å². The molecule has 0 aliphatic carbocycles. The molecular weight excluding hydrogens is 349 g/mol. The number of nitrogens with zero attached hydrogens (tertiary/aromatic N) is 1. The van der Waals surface area contributed by atoms with Crippen molar-refractivity contribution in [1.29, 1.82) is 0 Å². The monoisotopic (exact) mass is 362 g/mol. The fourth-order valence-electron chi connectivity index (χ4n) is 2.52. The first-order chi connectivity index (χ1) is 11.3. The maximum absolute atomic E-state index is 12.8. The number of aldehydes is 1. The van der Waals surface area contributed by atoms with Crippen LogP contribution in [0.1, 0.15) is 28.8 Å². The Morgan fingerprint density at radius 2 is 2.08 bits per heavy atom. The van der Waals surface area contributed by atoms with Crippen LogP contribution >= 0.6 is 11.6 Å². The molecule has 0 spiro atoms. The Morgan fingerprint density at radius 1 is 1.38 bits per heavy atom. The normalized spacial score (nSPS) is 17.7. The molecule has 1 N–H and O–H groups in total. The molecule has 1 aliphatic heterocycles. The van der Waals surface area contributed by atoms with Crippen molar-refractivity contribution in [3.05, 3.63) is 34.3 Å². The van der Waals surface area contributed by atoms with Gasteiger partial charge in [-0.2, -0.15) is 13.2 Å². The van der Waals surface area contributed by atoms with Crippen molar-refractivity contribution in [1.82, 2.24) is 10.2 Å². The van der Waals surface area contributed by atoms with Gasteiger partial charge in [0.05, 0.1) is 28.7 Å². The van der Waals surface area contributed by atoms with Crippen LogP contribution in [0.4, 0.5) is 13.2 Å². The highest BCUT2D eigenvalue weighted by atomic mass is 35.5. The first-order valence-corrected chi connectivity index (χ1v) is 7.52. The van der Waals surface area contributed by atoms with Crippen molar-refractivity contribution in [3.63, 3.8) is 0 Å². The molecule has 0 bridgehead atoms. The van der Waals surface area contributed by atoms with E-state index in [1.165, 1.54) is 4.90 Å². The van der Waals surface area contributed by atoms with E-state index in [-0.39, 0.29) is 5.56 Å². The van der Waals surface area contributed by atoms with Gasteiger partial charge in [-0.15, -0.1) is 0 Å². The lowest BCUT2D eigenvalue weighted by Gasteiger charge is -2.20. The average molecular weight is 363 g/mol. The predicted octanol–water partition coefficient (Wildman–Crippen LogP) is 2.28. The van der Waals surface area contributed by atoms with Crippen LogP contribution in [0, 0.1) is 0 Å². The summed E-state index contributed by atoms with van der Waals surface area (Å²) in [6.45, 7) is -0.0157. The Kier molecular flexibility index (Phi) is 5.48. The van der Waals surface area contributed by atoms with Gasteiger partial charge in [-0.25, -0.2) is 0 Å². The number of amides is 2. The van der Waals surface area contributed by atoms with E-state index in [1.54, 1.807) is 0 Å². The number of carbonyl (C=O) groups excluding carboxylic acids is 3. The molecule has 2 rings (SSSR count). The maximum Gasteiger partial charge on any atom is 0.417 e. The lowest BCUT2D eigenvalue weighted by Crippen LogP contribution is -2.43. The Morgan fingerprint density at radius 3 is 2.71 bits per heavy atom. The minimum absolute atomic E-state index is 0.368. The molecule has 1 heterocycles. The highest BCUT2D eigenvalue weighted by molar-refractivity contribution is 6.34. The molecule has 1 aromatic carbocycles. The topological polar surface area (TPSA) is 66.5 Å². The van der Waals surface area contributed by atoms with Gasteiger partial charge in [-0.1, -0.05) is 17.7 Å². The molecule has 1 atom stereocenters.